The topological polar surface area (TPSA) is 34.4 Å². The summed E-state index contributed by atoms with van der Waals surface area (Å²) in [6, 6.07) is 5.61. The lowest BCUT2D eigenvalue weighted by molar-refractivity contribution is -0.116. The molecule has 0 saturated carbocycles. The number of pyridine rings is 1. The largest absolute Gasteiger partial charge is 0.300 e. The van der Waals surface area contributed by atoms with Crippen molar-refractivity contribution in [2.45, 2.75) is 13.3 Å². The second-order valence-corrected chi connectivity index (χ2v) is 3.56. The third-order valence-electron chi connectivity index (χ3n) is 2.00. The van der Waals surface area contributed by atoms with Gasteiger partial charge in [-0.1, -0.05) is 17.7 Å². The molecular weight excluding hydrogens is 200 g/mol. The molecule has 0 aliphatic rings. The normalized spacial score (nSPS) is 10.7. The number of hydrogen-bond acceptors (Lipinski definition) is 2. The third-order valence-corrected chi connectivity index (χ3v) is 2.26. The average Bonchev–Trinajstić information content (AvgIpc) is 2.48. The van der Waals surface area contributed by atoms with Gasteiger partial charge in [0, 0.05) is 12.1 Å². The van der Waals surface area contributed by atoms with Crippen LogP contribution in [0, 0.1) is 0 Å². The van der Waals surface area contributed by atoms with Gasteiger partial charge in [-0.25, -0.2) is 4.98 Å². The van der Waals surface area contributed by atoms with Gasteiger partial charge in [-0.05, 0) is 19.1 Å². The lowest BCUT2D eigenvalue weighted by Gasteiger charge is -2.03. The smallest absolute Gasteiger partial charge is 0.138 e. The Morgan fingerprint density at radius 1 is 1.57 bits per heavy atom. The van der Waals surface area contributed by atoms with Crippen molar-refractivity contribution < 1.29 is 4.79 Å². The number of nitrogens with zero attached hydrogens (tertiary/aromatic N) is 2. The van der Waals surface area contributed by atoms with Crippen molar-refractivity contribution in [1.82, 2.24) is 9.38 Å². The fraction of sp³-hybridized carbons (Fsp3) is 0.200. The summed E-state index contributed by atoms with van der Waals surface area (Å²) in [6.45, 7) is 1.56. The summed E-state index contributed by atoms with van der Waals surface area (Å²) in [5, 5.41) is 0.539. The summed E-state index contributed by atoms with van der Waals surface area (Å²) in [5.74, 6) is 0.113. The molecule has 14 heavy (non-hydrogen) atoms. The van der Waals surface area contributed by atoms with Crippen molar-refractivity contribution in [3.63, 3.8) is 0 Å². The zero-order chi connectivity index (χ0) is 10.1. The molecule has 2 aromatic rings. The minimum Gasteiger partial charge on any atom is -0.300 e. The summed E-state index contributed by atoms with van der Waals surface area (Å²) in [7, 11) is 0. The van der Waals surface area contributed by atoms with Crippen LogP contribution >= 0.6 is 11.6 Å². The van der Waals surface area contributed by atoms with E-state index >= 15 is 0 Å². The predicted molar refractivity (Wildman–Crippen MR) is 54.6 cm³/mol. The molecule has 0 radical (unpaired) electrons. The molecule has 0 aliphatic heterocycles. The van der Waals surface area contributed by atoms with Gasteiger partial charge in [0.2, 0.25) is 0 Å². The Morgan fingerprint density at radius 3 is 3.07 bits per heavy atom. The molecule has 0 fully saturated rings. The summed E-state index contributed by atoms with van der Waals surface area (Å²) < 4.78 is 1.78. The first-order valence-corrected chi connectivity index (χ1v) is 4.66. The number of carbonyl (C=O) groups excluding carboxylic acids is 1. The lowest BCUT2D eigenvalue weighted by atomic mass is 10.2. The SMILES string of the molecule is CC(=O)Cc1cccc2ncc(Cl)n12. The van der Waals surface area contributed by atoms with Gasteiger partial charge < -0.3 is 0 Å². The van der Waals surface area contributed by atoms with Crippen LogP contribution in [0.1, 0.15) is 12.6 Å². The molecule has 3 nitrogen and oxygen atoms in total. The Kier molecular flexibility index (Phi) is 2.25. The highest BCUT2D eigenvalue weighted by Gasteiger charge is 2.06. The van der Waals surface area contributed by atoms with Gasteiger partial charge in [-0.2, -0.15) is 0 Å². The Bertz CT molecular complexity index is 490. The summed E-state index contributed by atoms with van der Waals surface area (Å²) >= 11 is 5.95. The lowest BCUT2D eigenvalue weighted by Crippen LogP contribution is -2.02. The highest BCUT2D eigenvalue weighted by atomic mass is 35.5. The highest BCUT2D eigenvalue weighted by Crippen LogP contribution is 2.15. The van der Waals surface area contributed by atoms with E-state index in [2.05, 4.69) is 4.98 Å². The van der Waals surface area contributed by atoms with Crippen LogP contribution in [0.15, 0.2) is 24.4 Å². The molecule has 0 aromatic carbocycles. The monoisotopic (exact) mass is 208 g/mol. The van der Waals surface area contributed by atoms with E-state index < -0.39 is 0 Å². The molecule has 72 valence electrons. The van der Waals surface area contributed by atoms with E-state index in [4.69, 9.17) is 11.6 Å². The van der Waals surface area contributed by atoms with Crippen LogP contribution in [0.5, 0.6) is 0 Å². The Morgan fingerprint density at radius 2 is 2.36 bits per heavy atom. The fourth-order valence-electron chi connectivity index (χ4n) is 1.46. The number of hydrogen-bond donors (Lipinski definition) is 0. The summed E-state index contributed by atoms with van der Waals surface area (Å²) in [6.07, 6.45) is 1.97. The number of fused-ring (bicyclic) bond motifs is 1. The first-order chi connectivity index (χ1) is 6.68. The van der Waals surface area contributed by atoms with Crippen molar-refractivity contribution in [3.05, 3.63) is 35.2 Å². The number of ketones is 1. The van der Waals surface area contributed by atoms with Crippen molar-refractivity contribution in [2.24, 2.45) is 0 Å². The van der Waals surface area contributed by atoms with Crippen molar-refractivity contribution in [3.8, 4) is 0 Å². The minimum absolute atomic E-state index is 0.113. The van der Waals surface area contributed by atoms with E-state index in [0.29, 0.717) is 11.6 Å². The third kappa shape index (κ3) is 1.51. The first kappa shape index (κ1) is 9.21. The molecule has 0 amide bonds. The fourth-order valence-corrected chi connectivity index (χ4v) is 1.70. The van der Waals surface area contributed by atoms with E-state index in [-0.39, 0.29) is 5.78 Å². The quantitative estimate of drug-likeness (QED) is 0.758. The van der Waals surface area contributed by atoms with Gasteiger partial charge in [0.1, 0.15) is 16.6 Å². The van der Waals surface area contributed by atoms with E-state index in [1.165, 1.54) is 0 Å². The van der Waals surface area contributed by atoms with Crippen LogP contribution in [0.2, 0.25) is 5.15 Å². The molecule has 0 unspecified atom stereocenters. The first-order valence-electron chi connectivity index (χ1n) is 4.29. The Labute approximate surface area is 86.3 Å². The Hall–Kier alpha value is -1.35. The molecular formula is C10H9ClN2O. The van der Waals surface area contributed by atoms with Gasteiger partial charge >= 0.3 is 0 Å². The number of aromatic nitrogens is 2. The molecule has 0 N–H and O–H groups in total. The number of Topliss-reactive ketones (excluding diaryl/α,β-unsaturated/α-hetero) is 1. The summed E-state index contributed by atoms with van der Waals surface area (Å²) in [4.78, 5) is 15.1. The highest BCUT2D eigenvalue weighted by molar-refractivity contribution is 6.29. The van der Waals surface area contributed by atoms with Crippen LogP contribution < -0.4 is 0 Å². The van der Waals surface area contributed by atoms with Crippen molar-refractivity contribution >= 4 is 23.0 Å². The van der Waals surface area contributed by atoms with Gasteiger partial charge in [0.25, 0.3) is 0 Å². The predicted octanol–water partition coefficient (Wildman–Crippen LogP) is 2.12. The van der Waals surface area contributed by atoms with Crippen LogP contribution in [0.3, 0.4) is 0 Å². The molecule has 2 rings (SSSR count). The van der Waals surface area contributed by atoms with Gasteiger partial charge in [-0.15, -0.1) is 0 Å². The maximum atomic E-state index is 11.0. The van der Waals surface area contributed by atoms with Gasteiger partial charge in [0.05, 0.1) is 6.20 Å². The molecule has 0 bridgehead atoms. The molecule has 0 saturated heterocycles. The van der Waals surface area contributed by atoms with Crippen LogP contribution in [0.25, 0.3) is 5.65 Å². The molecule has 2 aromatic heterocycles. The second kappa shape index (κ2) is 3.42. The zero-order valence-electron chi connectivity index (χ0n) is 7.70. The molecule has 4 heteroatoms. The molecule has 0 aliphatic carbocycles. The second-order valence-electron chi connectivity index (χ2n) is 3.17. The number of carbonyl (C=O) groups is 1. The minimum atomic E-state index is 0.113. The van der Waals surface area contributed by atoms with Crippen LogP contribution in [-0.2, 0) is 11.2 Å². The van der Waals surface area contributed by atoms with Crippen LogP contribution in [0.4, 0.5) is 0 Å². The van der Waals surface area contributed by atoms with Gasteiger partial charge in [-0.3, -0.25) is 9.20 Å². The standard InChI is InChI=1S/C10H9ClN2O/c1-7(14)5-8-3-2-4-10-12-6-9(11)13(8)10/h2-4,6H,5H2,1H3. The van der Waals surface area contributed by atoms with Crippen molar-refractivity contribution in [2.75, 3.05) is 0 Å². The molecule has 2 heterocycles. The van der Waals surface area contributed by atoms with E-state index in [1.807, 2.05) is 18.2 Å². The number of imidazole rings is 1. The van der Waals surface area contributed by atoms with Crippen molar-refractivity contribution in [1.29, 1.82) is 0 Å². The zero-order valence-corrected chi connectivity index (χ0v) is 8.45. The maximum Gasteiger partial charge on any atom is 0.138 e. The average molecular weight is 209 g/mol. The van der Waals surface area contributed by atoms with E-state index in [0.717, 1.165) is 11.3 Å². The van der Waals surface area contributed by atoms with Gasteiger partial charge in [0.15, 0.2) is 0 Å². The van der Waals surface area contributed by atoms with Crippen LogP contribution in [-0.4, -0.2) is 15.2 Å². The number of halogens is 1. The number of rotatable bonds is 2. The molecule has 0 atom stereocenters. The van der Waals surface area contributed by atoms with E-state index in [1.54, 1.807) is 17.5 Å². The maximum absolute atomic E-state index is 11.0. The van der Waals surface area contributed by atoms with E-state index in [9.17, 15) is 4.79 Å². The summed E-state index contributed by atoms with van der Waals surface area (Å²) in [5.41, 5.74) is 1.64. The Balaban J connectivity index is 2.63. The molecule has 0 spiro atoms.